The van der Waals surface area contributed by atoms with E-state index >= 15 is 0 Å². The predicted molar refractivity (Wildman–Crippen MR) is 185 cm³/mol. The van der Waals surface area contributed by atoms with Crippen LogP contribution in [0.5, 0.6) is 0 Å². The Morgan fingerprint density at radius 1 is 0.364 bits per heavy atom. The van der Waals surface area contributed by atoms with Gasteiger partial charge in [0.05, 0.1) is 0 Å². The first-order valence-electron chi connectivity index (χ1n) is 14.6. The Bertz CT molecular complexity index is 1920. The molecule has 6 aromatic carbocycles. The number of rotatable bonds is 7. The van der Waals surface area contributed by atoms with Crippen LogP contribution in [0.15, 0.2) is 170 Å². The average Bonchev–Trinajstić information content (AvgIpc) is 3.10. The molecule has 0 aliphatic heterocycles. The lowest BCUT2D eigenvalue weighted by Crippen LogP contribution is -2.74. The van der Waals surface area contributed by atoms with Crippen molar-refractivity contribution in [1.29, 1.82) is 0 Å². The molecule has 210 valence electrons. The van der Waals surface area contributed by atoms with Gasteiger partial charge < -0.3 is 0 Å². The van der Waals surface area contributed by atoms with Gasteiger partial charge in [0.15, 0.2) is 19.7 Å². The summed E-state index contributed by atoms with van der Waals surface area (Å²) in [4.78, 5) is 14.2. The first kappa shape index (κ1) is 27.7. The van der Waals surface area contributed by atoms with Crippen LogP contribution in [-0.4, -0.2) is 23.0 Å². The monoisotopic (exact) mass is 601 g/mol. The summed E-state index contributed by atoms with van der Waals surface area (Å²) in [5, 5.41) is 5.32. The van der Waals surface area contributed by atoms with Crippen molar-refractivity contribution in [3.63, 3.8) is 0 Å². The van der Waals surface area contributed by atoms with Gasteiger partial charge in [-0.3, -0.25) is 0 Å². The Kier molecular flexibility index (Phi) is 7.68. The molecule has 0 spiro atoms. The number of benzene rings is 6. The van der Waals surface area contributed by atoms with Crippen molar-refractivity contribution in [3.8, 4) is 33.9 Å². The molecule has 0 aliphatic carbocycles. The van der Waals surface area contributed by atoms with E-state index in [4.69, 9.17) is 16.6 Å². The highest BCUT2D eigenvalue weighted by molar-refractivity contribution is 7.19. The molecule has 0 N–H and O–H groups in total. The summed E-state index contributed by atoms with van der Waals surface area (Å²) in [5.41, 5.74) is 3.93. The molecule has 0 fully saturated rings. The van der Waals surface area contributed by atoms with E-state index in [0.717, 1.165) is 22.3 Å². The van der Waals surface area contributed by atoms with Gasteiger partial charge in [-0.05, 0) is 43.5 Å². The Morgan fingerprint density at radius 3 is 1.36 bits per heavy atom. The van der Waals surface area contributed by atoms with E-state index in [9.17, 15) is 0 Å². The maximum absolute atomic E-state index is 6.61. The average molecular weight is 602 g/mol. The molecule has 0 atom stereocenters. The Labute approximate surface area is 263 Å². The fraction of sp³-hybridized carbons (Fsp3) is 0. The van der Waals surface area contributed by atoms with Crippen LogP contribution < -0.4 is 20.7 Å². The maximum Gasteiger partial charge on any atom is 0.226 e. The normalized spacial score (nSPS) is 11.3. The lowest BCUT2D eigenvalue weighted by Gasteiger charge is -2.34. The van der Waals surface area contributed by atoms with Crippen molar-refractivity contribution in [2.45, 2.75) is 0 Å². The van der Waals surface area contributed by atoms with Gasteiger partial charge in [-0.15, -0.1) is 0 Å². The molecule has 1 aromatic heterocycles. The first-order chi connectivity index (χ1) is 21.7. The van der Waals surface area contributed by atoms with Crippen molar-refractivity contribution < 1.29 is 0 Å². The van der Waals surface area contributed by atoms with Crippen LogP contribution in [0.2, 0.25) is 5.28 Å². The topological polar surface area (TPSA) is 38.7 Å². The van der Waals surface area contributed by atoms with E-state index in [0.29, 0.717) is 11.6 Å². The SMILES string of the molecule is Clc1nc(-c2cccc([Si](c3ccccc3)(c3ccccc3)c3ccccc3)c2)nc(-c2ccccc2-c2ccccc2)n1. The largest absolute Gasteiger partial charge is 0.226 e. The third-order valence-electron chi connectivity index (χ3n) is 8.04. The van der Waals surface area contributed by atoms with Crippen molar-refractivity contribution in [2.75, 3.05) is 0 Å². The molecule has 44 heavy (non-hydrogen) atoms. The van der Waals surface area contributed by atoms with Crippen molar-refractivity contribution in [1.82, 2.24) is 15.0 Å². The molecular weight excluding hydrogens is 574 g/mol. The van der Waals surface area contributed by atoms with E-state index in [2.05, 4.69) is 143 Å². The van der Waals surface area contributed by atoms with Crippen molar-refractivity contribution in [3.05, 3.63) is 175 Å². The molecule has 0 aliphatic rings. The van der Waals surface area contributed by atoms with Crippen LogP contribution in [-0.2, 0) is 0 Å². The van der Waals surface area contributed by atoms with E-state index in [1.54, 1.807) is 0 Å². The summed E-state index contributed by atoms with van der Waals surface area (Å²) in [6.07, 6.45) is 0. The highest BCUT2D eigenvalue weighted by Gasteiger charge is 2.41. The second-order valence-corrected chi connectivity index (χ2v) is 14.7. The summed E-state index contributed by atoms with van der Waals surface area (Å²) in [7, 11) is -2.71. The second-order valence-electron chi connectivity index (χ2n) is 10.6. The van der Waals surface area contributed by atoms with Crippen LogP contribution in [0.25, 0.3) is 33.9 Å². The third kappa shape index (κ3) is 5.15. The van der Waals surface area contributed by atoms with E-state index in [1.165, 1.54) is 20.7 Å². The number of aromatic nitrogens is 3. The first-order valence-corrected chi connectivity index (χ1v) is 17.0. The molecule has 7 rings (SSSR count). The van der Waals surface area contributed by atoms with Gasteiger partial charge in [-0.2, -0.15) is 9.97 Å². The van der Waals surface area contributed by atoms with Crippen LogP contribution in [0.4, 0.5) is 0 Å². The summed E-state index contributed by atoms with van der Waals surface area (Å²) < 4.78 is 0. The van der Waals surface area contributed by atoms with Gasteiger partial charge in [-0.1, -0.05) is 170 Å². The van der Waals surface area contributed by atoms with Gasteiger partial charge in [0, 0.05) is 11.1 Å². The number of nitrogens with zero attached hydrogens (tertiary/aromatic N) is 3. The van der Waals surface area contributed by atoms with Gasteiger partial charge in [0.25, 0.3) is 0 Å². The van der Waals surface area contributed by atoms with Gasteiger partial charge >= 0.3 is 0 Å². The van der Waals surface area contributed by atoms with Crippen molar-refractivity contribution >= 4 is 40.4 Å². The predicted octanol–water partition coefficient (Wildman–Crippen LogP) is 6.90. The minimum Gasteiger partial charge on any atom is -0.208 e. The lowest BCUT2D eigenvalue weighted by molar-refractivity contribution is 1.07. The van der Waals surface area contributed by atoms with Gasteiger partial charge in [-0.25, -0.2) is 4.98 Å². The second kappa shape index (κ2) is 12.2. The maximum atomic E-state index is 6.61. The summed E-state index contributed by atoms with van der Waals surface area (Å²) in [6, 6.07) is 59.7. The van der Waals surface area contributed by atoms with E-state index < -0.39 is 8.07 Å². The smallest absolute Gasteiger partial charge is 0.208 e. The van der Waals surface area contributed by atoms with Crippen LogP contribution in [0.3, 0.4) is 0 Å². The van der Waals surface area contributed by atoms with Crippen LogP contribution in [0, 0.1) is 0 Å². The standard InChI is InChI=1S/C39H28ClN3Si/c40-39-42-37(41-38(43-39)36-27-14-13-26-35(36)29-16-5-1-6-17-29)30-18-15-25-34(28-30)44(31-19-7-2-8-20-31,32-21-9-3-10-22-32)33-23-11-4-12-24-33/h1-28H. The number of halogens is 1. The zero-order valence-electron chi connectivity index (χ0n) is 23.9. The zero-order chi connectivity index (χ0) is 29.8. The summed E-state index contributed by atoms with van der Waals surface area (Å²) in [5.74, 6) is 1.09. The molecule has 3 nitrogen and oxygen atoms in total. The molecule has 0 amide bonds. The minimum atomic E-state index is -2.71. The third-order valence-corrected chi connectivity index (χ3v) is 13.0. The quantitative estimate of drug-likeness (QED) is 0.147. The zero-order valence-corrected chi connectivity index (χ0v) is 25.6. The highest BCUT2D eigenvalue weighted by Crippen LogP contribution is 2.31. The number of hydrogen-bond donors (Lipinski definition) is 0. The van der Waals surface area contributed by atoms with Gasteiger partial charge in [0.2, 0.25) is 5.28 Å². The van der Waals surface area contributed by atoms with Crippen LogP contribution in [0.1, 0.15) is 0 Å². The molecule has 7 aromatic rings. The number of hydrogen-bond acceptors (Lipinski definition) is 3. The van der Waals surface area contributed by atoms with E-state index in [-0.39, 0.29) is 5.28 Å². The minimum absolute atomic E-state index is 0.163. The molecule has 0 saturated heterocycles. The van der Waals surface area contributed by atoms with E-state index in [1.807, 2.05) is 36.4 Å². The fourth-order valence-electron chi connectivity index (χ4n) is 6.10. The molecular formula is C39H28ClN3Si. The summed E-state index contributed by atoms with van der Waals surface area (Å²) >= 11 is 6.61. The molecule has 1 heterocycles. The molecule has 0 unspecified atom stereocenters. The molecule has 5 heteroatoms. The van der Waals surface area contributed by atoms with Gasteiger partial charge in [0.1, 0.15) is 0 Å². The van der Waals surface area contributed by atoms with Crippen molar-refractivity contribution in [2.24, 2.45) is 0 Å². The lowest BCUT2D eigenvalue weighted by atomic mass is 9.99. The molecule has 0 saturated carbocycles. The Morgan fingerprint density at radius 2 is 0.795 bits per heavy atom. The Balaban J connectivity index is 1.43. The molecule has 0 bridgehead atoms. The molecule has 0 radical (unpaired) electrons. The highest BCUT2D eigenvalue weighted by atomic mass is 35.5. The Hall–Kier alpha value is -5.16. The summed E-state index contributed by atoms with van der Waals surface area (Å²) in [6.45, 7) is 0. The van der Waals surface area contributed by atoms with Crippen LogP contribution >= 0.6 is 11.6 Å². The fourth-order valence-corrected chi connectivity index (χ4v) is 11.1.